The Bertz CT molecular complexity index is 1340. The number of aryl methyl sites for hydroxylation is 2. The summed E-state index contributed by atoms with van der Waals surface area (Å²) in [5.74, 6) is -1.51. The van der Waals surface area contributed by atoms with Crippen LogP contribution in [0.1, 0.15) is 71.0 Å². The van der Waals surface area contributed by atoms with Crippen LogP contribution in [0, 0.1) is 5.92 Å². The van der Waals surface area contributed by atoms with E-state index in [9.17, 15) is 24.3 Å². The third-order valence-corrected chi connectivity index (χ3v) is 7.11. The molecule has 0 saturated carbocycles. The molecule has 1 saturated heterocycles. The molecule has 240 valence electrons. The standard InChI is InChI=1S/C30H42N6O7S/c1-18(37)31-26-33-22(23(44-26)17-36-15-14-20(16-36)24(38)39)13-10-19-8-11-21(12-9-19)32-25(34-27(40)42-29(2,3)4)35-28(41)43-30(5,6)7/h8-9,11-12,20H,10,13-17H2,1-7H3,(H,38,39)(H,31,33,37)(H2,32,34,35,40,41). The number of hydrogen-bond acceptors (Lipinski definition) is 10. The fourth-order valence-electron chi connectivity index (χ4n) is 4.30. The van der Waals surface area contributed by atoms with Crippen molar-refractivity contribution in [3.05, 3.63) is 40.4 Å². The summed E-state index contributed by atoms with van der Waals surface area (Å²) >= 11 is 1.41. The lowest BCUT2D eigenvalue weighted by molar-refractivity contribution is -0.141. The van der Waals surface area contributed by atoms with Crippen molar-refractivity contribution in [3.8, 4) is 0 Å². The summed E-state index contributed by atoms with van der Waals surface area (Å²) in [6.45, 7) is 13.5. The number of aliphatic carboxylic acids is 1. The van der Waals surface area contributed by atoms with Crippen molar-refractivity contribution in [2.24, 2.45) is 10.9 Å². The number of aliphatic imine (C=N–C) groups is 1. The largest absolute Gasteiger partial charge is 0.481 e. The predicted octanol–water partition coefficient (Wildman–Crippen LogP) is 4.83. The zero-order valence-corrected chi connectivity index (χ0v) is 27.1. The van der Waals surface area contributed by atoms with Crippen molar-refractivity contribution < 1.29 is 33.8 Å². The summed E-state index contributed by atoms with van der Waals surface area (Å²) in [5.41, 5.74) is 0.819. The number of benzene rings is 1. The molecule has 44 heavy (non-hydrogen) atoms. The highest BCUT2D eigenvalue weighted by Crippen LogP contribution is 2.28. The van der Waals surface area contributed by atoms with Gasteiger partial charge in [-0.05, 0) is 85.0 Å². The molecule has 14 heteroatoms. The highest BCUT2D eigenvalue weighted by Gasteiger charge is 2.29. The maximum atomic E-state index is 12.4. The van der Waals surface area contributed by atoms with Crippen molar-refractivity contribution in [1.82, 2.24) is 20.5 Å². The molecule has 1 fully saturated rings. The first-order chi connectivity index (χ1) is 20.5. The minimum atomic E-state index is -0.783. The minimum Gasteiger partial charge on any atom is -0.481 e. The van der Waals surface area contributed by atoms with E-state index >= 15 is 0 Å². The molecule has 3 rings (SSSR count). The fraction of sp³-hybridized carbons (Fsp3) is 0.533. The molecule has 3 amide bonds. The Morgan fingerprint density at radius 3 is 2.09 bits per heavy atom. The van der Waals surface area contributed by atoms with E-state index in [1.807, 2.05) is 12.1 Å². The Labute approximate surface area is 261 Å². The second kappa shape index (κ2) is 14.6. The average molecular weight is 631 g/mol. The Balaban J connectivity index is 1.72. The molecule has 4 N–H and O–H groups in total. The summed E-state index contributed by atoms with van der Waals surface area (Å²) in [7, 11) is 0. The Morgan fingerprint density at radius 2 is 1.59 bits per heavy atom. The van der Waals surface area contributed by atoms with Crippen molar-refractivity contribution in [2.45, 2.75) is 85.5 Å². The van der Waals surface area contributed by atoms with Crippen molar-refractivity contribution >= 4 is 52.2 Å². The number of alkyl carbamates (subject to hydrolysis) is 2. The van der Waals surface area contributed by atoms with E-state index in [1.54, 1.807) is 53.7 Å². The lowest BCUT2D eigenvalue weighted by atomic mass is 10.1. The number of thiazole rings is 1. The molecular weight excluding hydrogens is 588 g/mol. The molecule has 1 aliphatic rings. The van der Waals surface area contributed by atoms with E-state index in [-0.39, 0.29) is 17.8 Å². The van der Waals surface area contributed by atoms with Gasteiger partial charge in [0.25, 0.3) is 0 Å². The SMILES string of the molecule is CC(=O)Nc1nc(CCc2ccc(N=C(NC(=O)OC(C)(C)C)NC(=O)OC(C)(C)C)cc2)c(CN2CCC(C(=O)O)C2)s1. The molecule has 1 unspecified atom stereocenters. The maximum Gasteiger partial charge on any atom is 0.414 e. The number of ether oxygens (including phenoxy) is 2. The highest BCUT2D eigenvalue weighted by atomic mass is 32.1. The van der Waals surface area contributed by atoms with Gasteiger partial charge in [-0.1, -0.05) is 12.1 Å². The van der Waals surface area contributed by atoms with E-state index in [0.29, 0.717) is 49.7 Å². The van der Waals surface area contributed by atoms with Crippen LogP contribution in [0.3, 0.4) is 0 Å². The van der Waals surface area contributed by atoms with Gasteiger partial charge in [0.1, 0.15) is 11.2 Å². The van der Waals surface area contributed by atoms with Crippen molar-refractivity contribution in [1.29, 1.82) is 0 Å². The number of rotatable bonds is 8. The number of carboxylic acid groups (broad SMARTS) is 1. The summed E-state index contributed by atoms with van der Waals surface area (Å²) in [5, 5.41) is 17.6. The second-order valence-electron chi connectivity index (χ2n) is 12.5. The van der Waals surface area contributed by atoms with Gasteiger partial charge < -0.3 is 19.9 Å². The summed E-state index contributed by atoms with van der Waals surface area (Å²) in [4.78, 5) is 59.9. The van der Waals surface area contributed by atoms with E-state index in [4.69, 9.17) is 9.47 Å². The Kier molecular flexibility index (Phi) is 11.4. The zero-order chi connectivity index (χ0) is 32.7. The van der Waals surface area contributed by atoms with E-state index in [0.717, 1.165) is 16.1 Å². The number of nitrogens with zero attached hydrogens (tertiary/aromatic N) is 3. The molecule has 0 aliphatic carbocycles. The summed E-state index contributed by atoms with van der Waals surface area (Å²) in [6.07, 6.45) is 0.301. The molecule has 0 spiro atoms. The topological polar surface area (TPSA) is 172 Å². The van der Waals surface area contributed by atoms with Crippen LogP contribution < -0.4 is 16.0 Å². The molecule has 0 radical (unpaired) electrons. The molecule has 0 bridgehead atoms. The number of guanidine groups is 1. The van der Waals surface area contributed by atoms with Gasteiger partial charge in [0.2, 0.25) is 11.9 Å². The summed E-state index contributed by atoms with van der Waals surface area (Å²) < 4.78 is 10.6. The molecule has 1 atom stereocenters. The quantitative estimate of drug-likeness (QED) is 0.235. The highest BCUT2D eigenvalue weighted by molar-refractivity contribution is 7.15. The normalized spacial score (nSPS) is 15.3. The number of carbonyl (C=O) groups is 4. The fourth-order valence-corrected chi connectivity index (χ4v) is 5.40. The van der Waals surface area contributed by atoms with E-state index in [2.05, 4.69) is 30.8 Å². The molecule has 2 aromatic rings. The third-order valence-electron chi connectivity index (χ3n) is 6.12. The minimum absolute atomic E-state index is 0.147. The van der Waals surface area contributed by atoms with Gasteiger partial charge in [0, 0.05) is 24.9 Å². The predicted molar refractivity (Wildman–Crippen MR) is 167 cm³/mol. The number of carbonyl (C=O) groups excluding carboxylic acids is 3. The first-order valence-corrected chi connectivity index (χ1v) is 15.2. The number of amides is 3. The molecule has 1 aromatic carbocycles. The van der Waals surface area contributed by atoms with Gasteiger partial charge in [-0.3, -0.25) is 25.1 Å². The van der Waals surface area contributed by atoms with Crippen LogP contribution in [0.15, 0.2) is 29.3 Å². The lowest BCUT2D eigenvalue weighted by Crippen LogP contribution is -2.47. The number of hydrogen-bond donors (Lipinski definition) is 4. The van der Waals surface area contributed by atoms with Gasteiger partial charge in [-0.25, -0.2) is 19.6 Å². The molecule has 13 nitrogen and oxygen atoms in total. The van der Waals surface area contributed by atoms with Crippen LogP contribution in [0.2, 0.25) is 0 Å². The smallest absolute Gasteiger partial charge is 0.414 e. The third kappa shape index (κ3) is 11.9. The van der Waals surface area contributed by atoms with Gasteiger partial charge in [0.05, 0.1) is 17.3 Å². The number of aromatic nitrogens is 1. The van der Waals surface area contributed by atoms with E-state index in [1.165, 1.54) is 18.3 Å². The van der Waals surface area contributed by atoms with Gasteiger partial charge in [-0.15, -0.1) is 11.3 Å². The average Bonchev–Trinajstić information content (AvgIpc) is 3.48. The summed E-state index contributed by atoms with van der Waals surface area (Å²) in [6, 6.07) is 7.28. The number of carboxylic acids is 1. The Hall–Kier alpha value is -4.04. The maximum absolute atomic E-state index is 12.4. The van der Waals surface area contributed by atoms with Crippen LogP contribution in [0.4, 0.5) is 20.4 Å². The van der Waals surface area contributed by atoms with Crippen LogP contribution in [-0.2, 0) is 38.4 Å². The van der Waals surface area contributed by atoms with Gasteiger partial charge in [0.15, 0.2) is 5.13 Å². The van der Waals surface area contributed by atoms with Crippen LogP contribution in [0.25, 0.3) is 0 Å². The molecule has 2 heterocycles. The molecule has 1 aliphatic heterocycles. The zero-order valence-electron chi connectivity index (χ0n) is 26.3. The second-order valence-corrected chi connectivity index (χ2v) is 13.6. The Morgan fingerprint density at radius 1 is 1.00 bits per heavy atom. The first-order valence-electron chi connectivity index (χ1n) is 14.3. The monoisotopic (exact) mass is 630 g/mol. The lowest BCUT2D eigenvalue weighted by Gasteiger charge is -2.22. The first kappa shape index (κ1) is 34.5. The van der Waals surface area contributed by atoms with Crippen LogP contribution in [0.5, 0.6) is 0 Å². The molecule has 1 aromatic heterocycles. The van der Waals surface area contributed by atoms with Crippen molar-refractivity contribution in [2.75, 3.05) is 18.4 Å². The molecular formula is C30H42N6O7S. The van der Waals surface area contributed by atoms with Gasteiger partial charge >= 0.3 is 18.2 Å². The number of nitrogens with one attached hydrogen (secondary N) is 3. The van der Waals surface area contributed by atoms with E-state index < -0.39 is 29.4 Å². The van der Waals surface area contributed by atoms with Crippen molar-refractivity contribution in [3.63, 3.8) is 0 Å². The number of likely N-dealkylation sites (tertiary alicyclic amines) is 1. The number of anilines is 1. The van der Waals surface area contributed by atoms with Crippen LogP contribution >= 0.6 is 11.3 Å². The van der Waals surface area contributed by atoms with Gasteiger partial charge in [-0.2, -0.15) is 0 Å². The van der Waals surface area contributed by atoms with Crippen LogP contribution in [-0.4, -0.2) is 69.3 Å².